The Morgan fingerprint density at radius 3 is 2.76 bits per heavy atom. The fraction of sp³-hybridized carbons (Fsp3) is 0.364. The van der Waals surface area contributed by atoms with E-state index in [0.29, 0.717) is 35.1 Å². The minimum absolute atomic E-state index is 0.0526. The Balaban J connectivity index is 1.26. The van der Waals surface area contributed by atoms with Gasteiger partial charge in [-0.25, -0.2) is 14.5 Å². The number of fused-ring (bicyclic) bond motifs is 1. The van der Waals surface area contributed by atoms with Gasteiger partial charge in [0.15, 0.2) is 11.5 Å². The van der Waals surface area contributed by atoms with Gasteiger partial charge in [-0.15, -0.1) is 5.10 Å². The van der Waals surface area contributed by atoms with Crippen molar-refractivity contribution < 1.29 is 19.1 Å². The van der Waals surface area contributed by atoms with Crippen molar-refractivity contribution in [2.75, 3.05) is 17.2 Å². The third kappa shape index (κ3) is 4.08. The normalized spacial score (nSPS) is 21.4. The van der Waals surface area contributed by atoms with Gasteiger partial charge in [0.1, 0.15) is 11.3 Å². The maximum absolute atomic E-state index is 12.6. The summed E-state index contributed by atoms with van der Waals surface area (Å²) in [6.07, 6.45) is 3.51. The number of nitrogens with one attached hydrogen (secondary N) is 2. The van der Waals surface area contributed by atoms with Gasteiger partial charge in [-0.05, 0) is 38.0 Å². The molecule has 2 saturated heterocycles. The summed E-state index contributed by atoms with van der Waals surface area (Å²) in [7, 11) is 1.64. The molecule has 0 radical (unpaired) electrons. The number of ether oxygens (including phenoxy) is 2. The number of aromatic nitrogens is 5. The Labute approximate surface area is 199 Å². The molecule has 12 heteroatoms. The Morgan fingerprint density at radius 1 is 1.26 bits per heavy atom. The topological polar surface area (TPSA) is 133 Å². The number of anilines is 2. The zero-order chi connectivity index (χ0) is 23.9. The van der Waals surface area contributed by atoms with E-state index in [-0.39, 0.29) is 17.2 Å². The van der Waals surface area contributed by atoms with Crippen LogP contribution in [-0.4, -0.2) is 49.7 Å². The summed E-state index contributed by atoms with van der Waals surface area (Å²) in [5, 5.41) is 13.9. The highest BCUT2D eigenvalue weighted by molar-refractivity contribution is 6.30. The first-order valence-electron chi connectivity index (χ1n) is 10.7. The summed E-state index contributed by atoms with van der Waals surface area (Å²) in [6, 6.07) is 6.87. The first-order chi connectivity index (χ1) is 16.3. The van der Waals surface area contributed by atoms with Crippen molar-refractivity contribution in [2.45, 2.75) is 32.0 Å². The lowest BCUT2D eigenvalue weighted by Crippen LogP contribution is -2.43. The molecule has 3 fully saturated rings. The van der Waals surface area contributed by atoms with E-state index in [2.05, 4.69) is 30.9 Å². The van der Waals surface area contributed by atoms with Crippen LogP contribution < -0.4 is 10.6 Å². The monoisotopic (exact) mass is 483 g/mol. The first-order valence-corrected chi connectivity index (χ1v) is 11.1. The maximum Gasteiger partial charge on any atom is 0.413 e. The van der Waals surface area contributed by atoms with Crippen LogP contribution in [-0.2, 0) is 21.3 Å². The lowest BCUT2D eigenvalue weighted by Gasteiger charge is -2.33. The van der Waals surface area contributed by atoms with E-state index in [1.54, 1.807) is 50.6 Å². The molecule has 5 heterocycles. The molecule has 2 bridgehead atoms. The van der Waals surface area contributed by atoms with Gasteiger partial charge in [0.2, 0.25) is 5.91 Å². The van der Waals surface area contributed by atoms with E-state index in [0.717, 1.165) is 12.8 Å². The molecule has 2 N–H and O–H groups in total. The van der Waals surface area contributed by atoms with E-state index < -0.39 is 17.6 Å². The molecule has 0 unspecified atom stereocenters. The molecule has 11 nitrogen and oxygen atoms in total. The Bertz CT molecular complexity index is 1230. The summed E-state index contributed by atoms with van der Waals surface area (Å²) in [5.74, 6) is 0.254. The van der Waals surface area contributed by atoms with Gasteiger partial charge in [0.25, 0.3) is 0 Å². The fourth-order valence-corrected chi connectivity index (χ4v) is 4.44. The molecule has 3 aromatic rings. The quantitative estimate of drug-likeness (QED) is 0.510. The van der Waals surface area contributed by atoms with E-state index in [1.165, 1.54) is 4.68 Å². The number of carbonyl (C=O) groups excluding carboxylic acids is 2. The zero-order valence-corrected chi connectivity index (χ0v) is 19.2. The molecule has 176 valence electrons. The number of amides is 2. The summed E-state index contributed by atoms with van der Waals surface area (Å²) >= 11 is 6.08. The second-order valence-corrected chi connectivity index (χ2v) is 8.83. The highest BCUT2D eigenvalue weighted by Gasteiger charge is 2.56. The first kappa shape index (κ1) is 22.2. The van der Waals surface area contributed by atoms with Gasteiger partial charge in [-0.2, -0.15) is 0 Å². The average Bonchev–Trinajstić information content (AvgIpc) is 3.50. The largest absolute Gasteiger partial charge is 0.441 e. The Hall–Kier alpha value is -3.57. The van der Waals surface area contributed by atoms with Crippen molar-refractivity contribution in [3.05, 3.63) is 47.4 Å². The van der Waals surface area contributed by atoms with Crippen LogP contribution in [0.15, 0.2) is 36.7 Å². The molecule has 2 aliphatic heterocycles. The molecule has 0 spiro atoms. The van der Waals surface area contributed by atoms with Crippen molar-refractivity contribution in [3.8, 4) is 11.4 Å². The molecule has 1 saturated carbocycles. The second-order valence-electron chi connectivity index (χ2n) is 8.47. The minimum atomic E-state index is -0.709. The number of pyridine rings is 2. The van der Waals surface area contributed by atoms with Crippen molar-refractivity contribution in [2.24, 2.45) is 12.5 Å². The van der Waals surface area contributed by atoms with E-state index >= 15 is 0 Å². The highest BCUT2D eigenvalue weighted by Crippen LogP contribution is 2.50. The molecular weight excluding hydrogens is 462 g/mol. The van der Waals surface area contributed by atoms with Crippen LogP contribution in [0.4, 0.5) is 16.3 Å². The average molecular weight is 484 g/mol. The predicted octanol–water partition coefficient (Wildman–Crippen LogP) is 3.35. The van der Waals surface area contributed by atoms with Crippen LogP contribution in [0, 0.1) is 5.41 Å². The lowest BCUT2D eigenvalue weighted by atomic mass is 9.69. The molecule has 1 aliphatic carbocycles. The Morgan fingerprint density at radius 2 is 2.09 bits per heavy atom. The molecule has 0 aromatic carbocycles. The Kier molecular flexibility index (Phi) is 5.66. The van der Waals surface area contributed by atoms with Gasteiger partial charge < -0.3 is 14.8 Å². The maximum atomic E-state index is 12.6. The van der Waals surface area contributed by atoms with Gasteiger partial charge in [0, 0.05) is 18.8 Å². The molecule has 3 aromatic heterocycles. The summed E-state index contributed by atoms with van der Waals surface area (Å²) in [4.78, 5) is 33.5. The van der Waals surface area contributed by atoms with Gasteiger partial charge in [-0.1, -0.05) is 22.9 Å². The number of halogens is 1. The number of hydrogen-bond donors (Lipinski definition) is 2. The van der Waals surface area contributed by atoms with Crippen LogP contribution in [0.1, 0.15) is 31.4 Å². The van der Waals surface area contributed by atoms with Crippen molar-refractivity contribution in [3.63, 3.8) is 0 Å². The predicted molar refractivity (Wildman–Crippen MR) is 122 cm³/mol. The molecule has 2 amide bonds. The second kappa shape index (κ2) is 8.65. The zero-order valence-electron chi connectivity index (χ0n) is 18.5. The van der Waals surface area contributed by atoms with Crippen molar-refractivity contribution >= 4 is 35.1 Å². The number of aryl methyl sites for hydroxylation is 1. The molecular formula is C22H22ClN7O4. The number of nitrogens with zero attached hydrogens (tertiary/aromatic N) is 5. The third-order valence-electron chi connectivity index (χ3n) is 6.13. The van der Waals surface area contributed by atoms with Crippen LogP contribution in [0.3, 0.4) is 0 Å². The van der Waals surface area contributed by atoms with E-state index in [4.69, 9.17) is 21.1 Å². The standard InChI is InChI=1S/C22H22ClN7O4/c1-12(15-4-3-7-24-18(15)23)34-21(32)27-19-17(28-29-30(19)2)16-6-5-13(10-25-16)26-20(31)22-8-14(9-22)33-11-22/h3-7,10,12,14H,8-9,11H2,1-2H3,(H,26,31)(H,27,32)/t12-,14?,22?/m1/s1. The summed E-state index contributed by atoms with van der Waals surface area (Å²) in [6.45, 7) is 2.16. The van der Waals surface area contributed by atoms with Crippen LogP contribution in [0.5, 0.6) is 0 Å². The molecule has 34 heavy (non-hydrogen) atoms. The third-order valence-corrected chi connectivity index (χ3v) is 6.45. The molecule has 6 rings (SSSR count). The number of carbonyl (C=O) groups is 2. The number of hydrogen-bond acceptors (Lipinski definition) is 8. The van der Waals surface area contributed by atoms with Crippen LogP contribution in [0.25, 0.3) is 11.4 Å². The smallest absolute Gasteiger partial charge is 0.413 e. The molecule has 3 aliphatic rings. The fourth-order valence-electron chi connectivity index (χ4n) is 4.17. The van der Waals surface area contributed by atoms with Crippen molar-refractivity contribution in [1.29, 1.82) is 0 Å². The summed E-state index contributed by atoms with van der Waals surface area (Å²) in [5.41, 5.74) is 1.56. The summed E-state index contributed by atoms with van der Waals surface area (Å²) < 4.78 is 12.4. The van der Waals surface area contributed by atoms with E-state index in [1.807, 2.05) is 0 Å². The van der Waals surface area contributed by atoms with Gasteiger partial charge in [-0.3, -0.25) is 15.1 Å². The molecule has 1 atom stereocenters. The van der Waals surface area contributed by atoms with Crippen LogP contribution >= 0.6 is 11.6 Å². The van der Waals surface area contributed by atoms with Gasteiger partial charge >= 0.3 is 6.09 Å². The minimum Gasteiger partial charge on any atom is -0.441 e. The van der Waals surface area contributed by atoms with Crippen molar-refractivity contribution in [1.82, 2.24) is 25.0 Å². The van der Waals surface area contributed by atoms with E-state index in [9.17, 15) is 9.59 Å². The number of rotatable bonds is 6. The lowest BCUT2D eigenvalue weighted by molar-refractivity contribution is -0.127. The SMILES string of the molecule is C[C@@H](OC(=O)Nc1c(-c2ccc(NC(=O)C34COC(C3)C4)cn2)nnn1C)c1cccnc1Cl. The van der Waals surface area contributed by atoms with Gasteiger partial charge in [0.05, 0.1) is 35.7 Å². The van der Waals surface area contributed by atoms with Crippen LogP contribution in [0.2, 0.25) is 5.15 Å². The highest BCUT2D eigenvalue weighted by atomic mass is 35.5.